The van der Waals surface area contributed by atoms with Gasteiger partial charge in [0.15, 0.2) is 0 Å². The van der Waals surface area contributed by atoms with E-state index in [0.717, 1.165) is 23.4 Å². The van der Waals surface area contributed by atoms with Gasteiger partial charge in [-0.3, -0.25) is 15.6 Å². The third-order valence-corrected chi connectivity index (χ3v) is 2.86. The van der Waals surface area contributed by atoms with Crippen LogP contribution < -0.4 is 16.6 Å². The van der Waals surface area contributed by atoms with Crippen LogP contribution in [0.2, 0.25) is 0 Å². The molecule has 98 valence electrons. The second-order valence-corrected chi connectivity index (χ2v) is 4.22. The fraction of sp³-hybridized carbons (Fsp3) is 0.133. The Morgan fingerprint density at radius 1 is 1.16 bits per heavy atom. The molecule has 0 saturated heterocycles. The summed E-state index contributed by atoms with van der Waals surface area (Å²) in [4.78, 5) is 11.9. The highest BCUT2D eigenvalue weighted by Crippen LogP contribution is 2.18. The van der Waals surface area contributed by atoms with Gasteiger partial charge in [-0.05, 0) is 42.3 Å². The number of nitrogens with two attached hydrogens (primary N) is 1. The molecule has 0 saturated carbocycles. The number of anilines is 2. The van der Waals surface area contributed by atoms with Crippen LogP contribution in [-0.2, 0) is 6.42 Å². The fourth-order valence-electron chi connectivity index (χ4n) is 1.81. The summed E-state index contributed by atoms with van der Waals surface area (Å²) in [5.41, 5.74) is 14.6. The van der Waals surface area contributed by atoms with E-state index in [0.29, 0.717) is 5.56 Å². The van der Waals surface area contributed by atoms with Gasteiger partial charge in [-0.25, -0.2) is 0 Å². The predicted octanol–water partition coefficient (Wildman–Crippen LogP) is 2.59. The van der Waals surface area contributed by atoms with E-state index in [4.69, 9.17) is 5.73 Å². The van der Waals surface area contributed by atoms with Crippen molar-refractivity contribution in [2.45, 2.75) is 13.3 Å². The fourth-order valence-corrected chi connectivity index (χ4v) is 1.81. The van der Waals surface area contributed by atoms with Crippen LogP contribution in [0, 0.1) is 0 Å². The standard InChI is InChI=1S/C15H17N3O/c1-2-11-10-13(16)8-9-14(11)17-18-15(19)12-6-4-3-5-7-12/h3-10,17H,2,16H2,1H3,(H,18,19). The van der Waals surface area contributed by atoms with E-state index >= 15 is 0 Å². The molecule has 0 spiro atoms. The maximum absolute atomic E-state index is 11.9. The lowest BCUT2D eigenvalue weighted by Crippen LogP contribution is -2.29. The summed E-state index contributed by atoms with van der Waals surface area (Å²) >= 11 is 0. The Morgan fingerprint density at radius 3 is 2.58 bits per heavy atom. The summed E-state index contributed by atoms with van der Waals surface area (Å²) in [6.45, 7) is 2.04. The minimum atomic E-state index is -0.167. The van der Waals surface area contributed by atoms with Crippen LogP contribution in [0.15, 0.2) is 48.5 Å². The molecule has 19 heavy (non-hydrogen) atoms. The summed E-state index contributed by atoms with van der Waals surface area (Å²) in [6, 6.07) is 14.6. The quantitative estimate of drug-likeness (QED) is 0.581. The van der Waals surface area contributed by atoms with Gasteiger partial charge < -0.3 is 5.73 Å². The predicted molar refractivity (Wildman–Crippen MR) is 77.8 cm³/mol. The smallest absolute Gasteiger partial charge is 0.269 e. The van der Waals surface area contributed by atoms with Crippen molar-refractivity contribution >= 4 is 17.3 Å². The van der Waals surface area contributed by atoms with Gasteiger partial charge in [0, 0.05) is 11.3 Å². The summed E-state index contributed by atoms with van der Waals surface area (Å²) in [7, 11) is 0. The van der Waals surface area contributed by atoms with Crippen LogP contribution in [0.4, 0.5) is 11.4 Å². The highest BCUT2D eigenvalue weighted by atomic mass is 16.2. The number of carbonyl (C=O) groups is 1. The SMILES string of the molecule is CCc1cc(N)ccc1NNC(=O)c1ccccc1. The molecular formula is C15H17N3O. The van der Waals surface area contributed by atoms with E-state index in [1.165, 1.54) is 0 Å². The van der Waals surface area contributed by atoms with Crippen LogP contribution in [0.3, 0.4) is 0 Å². The molecule has 0 heterocycles. The molecule has 0 fully saturated rings. The molecule has 0 radical (unpaired) electrons. The van der Waals surface area contributed by atoms with E-state index in [1.807, 2.05) is 37.3 Å². The second-order valence-electron chi connectivity index (χ2n) is 4.22. The maximum Gasteiger partial charge on any atom is 0.269 e. The van der Waals surface area contributed by atoms with Gasteiger partial charge in [0.25, 0.3) is 5.91 Å². The van der Waals surface area contributed by atoms with Gasteiger partial charge in [0.05, 0.1) is 5.69 Å². The molecule has 4 heteroatoms. The molecule has 2 aromatic carbocycles. The van der Waals surface area contributed by atoms with Crippen molar-refractivity contribution in [3.63, 3.8) is 0 Å². The lowest BCUT2D eigenvalue weighted by molar-refractivity contribution is 0.0962. The molecule has 1 amide bonds. The van der Waals surface area contributed by atoms with Crippen molar-refractivity contribution in [1.29, 1.82) is 0 Å². The van der Waals surface area contributed by atoms with Crippen LogP contribution >= 0.6 is 0 Å². The molecule has 0 unspecified atom stereocenters. The Hall–Kier alpha value is -2.49. The normalized spacial score (nSPS) is 9.95. The summed E-state index contributed by atoms with van der Waals surface area (Å²) in [5.74, 6) is -0.167. The minimum absolute atomic E-state index is 0.167. The zero-order chi connectivity index (χ0) is 13.7. The number of hydrazine groups is 1. The summed E-state index contributed by atoms with van der Waals surface area (Å²) in [6.07, 6.45) is 0.842. The number of hydrogen-bond donors (Lipinski definition) is 3. The molecule has 0 aliphatic heterocycles. The van der Waals surface area contributed by atoms with Gasteiger partial charge in [-0.1, -0.05) is 25.1 Å². The number of benzene rings is 2. The first kappa shape index (κ1) is 13.0. The van der Waals surface area contributed by atoms with Gasteiger partial charge in [-0.2, -0.15) is 0 Å². The van der Waals surface area contributed by atoms with E-state index in [1.54, 1.807) is 18.2 Å². The minimum Gasteiger partial charge on any atom is -0.399 e. The number of amides is 1. The largest absolute Gasteiger partial charge is 0.399 e. The summed E-state index contributed by atoms with van der Waals surface area (Å²) < 4.78 is 0. The van der Waals surface area contributed by atoms with Crippen LogP contribution in [0.1, 0.15) is 22.8 Å². The Kier molecular flexibility index (Phi) is 4.03. The third kappa shape index (κ3) is 3.25. The molecule has 2 rings (SSSR count). The number of aryl methyl sites for hydroxylation is 1. The molecule has 4 N–H and O–H groups in total. The first-order valence-electron chi connectivity index (χ1n) is 6.20. The summed E-state index contributed by atoms with van der Waals surface area (Å²) in [5, 5.41) is 0. The molecule has 0 atom stereocenters. The second kappa shape index (κ2) is 5.91. The zero-order valence-electron chi connectivity index (χ0n) is 10.8. The van der Waals surface area contributed by atoms with Crippen LogP contribution in [-0.4, -0.2) is 5.91 Å². The lowest BCUT2D eigenvalue weighted by Gasteiger charge is -2.12. The molecular weight excluding hydrogens is 238 g/mol. The van der Waals surface area contributed by atoms with Crippen molar-refractivity contribution in [3.05, 3.63) is 59.7 Å². The van der Waals surface area contributed by atoms with Crippen molar-refractivity contribution in [3.8, 4) is 0 Å². The zero-order valence-corrected chi connectivity index (χ0v) is 10.8. The highest BCUT2D eigenvalue weighted by Gasteiger charge is 2.05. The average Bonchev–Trinajstić information content (AvgIpc) is 2.46. The van der Waals surface area contributed by atoms with Gasteiger partial charge >= 0.3 is 0 Å². The number of nitrogens with one attached hydrogen (secondary N) is 2. The number of carbonyl (C=O) groups excluding carboxylic acids is 1. The van der Waals surface area contributed by atoms with E-state index in [2.05, 4.69) is 10.9 Å². The van der Waals surface area contributed by atoms with E-state index < -0.39 is 0 Å². The van der Waals surface area contributed by atoms with Crippen molar-refractivity contribution in [2.24, 2.45) is 0 Å². The highest BCUT2D eigenvalue weighted by molar-refractivity contribution is 5.94. The van der Waals surface area contributed by atoms with E-state index in [9.17, 15) is 4.79 Å². The molecule has 0 aromatic heterocycles. The van der Waals surface area contributed by atoms with Crippen LogP contribution in [0.25, 0.3) is 0 Å². The molecule has 2 aromatic rings. The monoisotopic (exact) mass is 255 g/mol. The van der Waals surface area contributed by atoms with Gasteiger partial charge in [0.2, 0.25) is 0 Å². The van der Waals surface area contributed by atoms with Gasteiger partial charge in [-0.15, -0.1) is 0 Å². The third-order valence-electron chi connectivity index (χ3n) is 2.86. The number of hydrogen-bond acceptors (Lipinski definition) is 3. The first-order chi connectivity index (χ1) is 9.20. The Bertz CT molecular complexity index is 567. The van der Waals surface area contributed by atoms with E-state index in [-0.39, 0.29) is 5.91 Å². The van der Waals surface area contributed by atoms with Crippen molar-refractivity contribution in [2.75, 3.05) is 11.2 Å². The first-order valence-corrected chi connectivity index (χ1v) is 6.20. The number of rotatable bonds is 4. The molecule has 0 aliphatic carbocycles. The average molecular weight is 255 g/mol. The molecule has 0 bridgehead atoms. The number of nitrogen functional groups attached to an aromatic ring is 1. The van der Waals surface area contributed by atoms with Crippen molar-refractivity contribution in [1.82, 2.24) is 5.43 Å². The maximum atomic E-state index is 11.9. The van der Waals surface area contributed by atoms with Gasteiger partial charge in [0.1, 0.15) is 0 Å². The molecule has 0 aliphatic rings. The Morgan fingerprint density at radius 2 is 1.89 bits per heavy atom. The molecule has 4 nitrogen and oxygen atoms in total. The lowest BCUT2D eigenvalue weighted by atomic mass is 10.1. The Balaban J connectivity index is 2.05. The topological polar surface area (TPSA) is 67.2 Å². The van der Waals surface area contributed by atoms with Crippen molar-refractivity contribution < 1.29 is 4.79 Å². The Labute approximate surface area is 112 Å². The van der Waals surface area contributed by atoms with Crippen LogP contribution in [0.5, 0.6) is 0 Å².